The van der Waals surface area contributed by atoms with E-state index in [1.165, 1.54) is 0 Å². The Morgan fingerprint density at radius 1 is 1.48 bits per heavy atom. The number of para-hydroxylation sites is 1. The number of nitrogens with one attached hydrogen (secondary N) is 1. The number of nitrogens with zero attached hydrogens (tertiary/aromatic N) is 1. The summed E-state index contributed by atoms with van der Waals surface area (Å²) in [6, 6.07) is 7.83. The molecule has 2 aromatic rings. The van der Waals surface area contributed by atoms with E-state index in [0.29, 0.717) is 29.3 Å². The van der Waals surface area contributed by atoms with Crippen molar-refractivity contribution < 1.29 is 9.84 Å². The van der Waals surface area contributed by atoms with Crippen LogP contribution in [0.1, 0.15) is 23.2 Å². The van der Waals surface area contributed by atoms with Gasteiger partial charge >= 0.3 is 0 Å². The lowest BCUT2D eigenvalue weighted by Crippen LogP contribution is -2.25. The molecule has 1 aromatic heterocycles. The zero-order valence-electron chi connectivity index (χ0n) is 11.6. The van der Waals surface area contributed by atoms with E-state index < -0.39 is 0 Å². The number of ether oxygens (including phenoxy) is 1. The molecule has 1 aliphatic heterocycles. The van der Waals surface area contributed by atoms with Gasteiger partial charge in [-0.2, -0.15) is 0 Å². The van der Waals surface area contributed by atoms with Crippen LogP contribution in [0.25, 0.3) is 0 Å². The van der Waals surface area contributed by atoms with Crippen LogP contribution >= 0.6 is 11.8 Å². The summed E-state index contributed by atoms with van der Waals surface area (Å²) in [5.41, 5.74) is 0.986. The van der Waals surface area contributed by atoms with E-state index in [9.17, 15) is 4.79 Å². The predicted molar refractivity (Wildman–Crippen MR) is 80.9 cm³/mol. The van der Waals surface area contributed by atoms with Gasteiger partial charge in [0.2, 0.25) is 0 Å². The van der Waals surface area contributed by atoms with E-state index in [4.69, 9.17) is 9.84 Å². The molecule has 21 heavy (non-hydrogen) atoms. The summed E-state index contributed by atoms with van der Waals surface area (Å²) in [6.07, 6.45) is 0.0526. The number of aliphatic hydroxyl groups is 1. The Morgan fingerprint density at radius 3 is 3.05 bits per heavy atom. The van der Waals surface area contributed by atoms with E-state index in [1.807, 2.05) is 24.3 Å². The fraction of sp³-hybridized carbons (Fsp3) is 0.333. The molecule has 3 rings (SSSR count). The Kier molecular flexibility index (Phi) is 3.98. The lowest BCUT2D eigenvalue weighted by atomic mass is 10.2. The van der Waals surface area contributed by atoms with Gasteiger partial charge in [0, 0.05) is 34.9 Å². The number of aromatic amines is 1. The van der Waals surface area contributed by atoms with Gasteiger partial charge in [0.05, 0.1) is 0 Å². The standard InChI is InChI=1S/C15H16N2O3S/c1-9-10(6-7-18)15(19)17-14(16-9)12-8-21-13-5-3-2-4-11(13)20-12/h2-5,12,18H,6-8H2,1H3,(H,16,17,19). The SMILES string of the molecule is Cc1nc(C2CSc3ccccc3O2)[nH]c(=O)c1CCO. The molecule has 0 amide bonds. The lowest BCUT2D eigenvalue weighted by molar-refractivity contribution is 0.209. The molecule has 2 N–H and O–H groups in total. The predicted octanol–water partition coefficient (Wildman–Crippen LogP) is 1.84. The van der Waals surface area contributed by atoms with Crippen molar-refractivity contribution in [3.63, 3.8) is 0 Å². The Morgan fingerprint density at radius 2 is 2.29 bits per heavy atom. The maximum Gasteiger partial charge on any atom is 0.254 e. The number of aryl methyl sites for hydroxylation is 1. The minimum absolute atomic E-state index is 0.0614. The minimum atomic E-state index is -0.264. The summed E-state index contributed by atoms with van der Waals surface area (Å²) in [5, 5.41) is 8.99. The van der Waals surface area contributed by atoms with E-state index in [1.54, 1.807) is 18.7 Å². The average Bonchev–Trinajstić information content (AvgIpc) is 2.50. The minimum Gasteiger partial charge on any atom is -0.480 e. The number of H-pyrrole nitrogens is 1. The summed E-state index contributed by atoms with van der Waals surface area (Å²) in [4.78, 5) is 20.4. The number of hydrogen-bond acceptors (Lipinski definition) is 5. The van der Waals surface area contributed by atoms with Gasteiger partial charge in [-0.25, -0.2) is 4.98 Å². The van der Waals surface area contributed by atoms with Gasteiger partial charge in [0.25, 0.3) is 5.56 Å². The molecule has 1 unspecified atom stereocenters. The number of fused-ring (bicyclic) bond motifs is 1. The quantitative estimate of drug-likeness (QED) is 0.905. The van der Waals surface area contributed by atoms with Gasteiger partial charge in [-0.05, 0) is 19.1 Å². The van der Waals surface area contributed by atoms with Crippen LogP contribution in [-0.4, -0.2) is 27.4 Å². The number of rotatable bonds is 3. The Labute approximate surface area is 126 Å². The molecule has 0 aliphatic carbocycles. The summed E-state index contributed by atoms with van der Waals surface area (Å²) in [6.45, 7) is 1.72. The lowest BCUT2D eigenvalue weighted by Gasteiger charge is -2.25. The number of aromatic nitrogens is 2. The van der Waals surface area contributed by atoms with Crippen LogP contribution in [-0.2, 0) is 6.42 Å². The highest BCUT2D eigenvalue weighted by Crippen LogP contribution is 2.39. The van der Waals surface area contributed by atoms with Crippen molar-refractivity contribution in [3.8, 4) is 5.75 Å². The van der Waals surface area contributed by atoms with E-state index in [2.05, 4.69) is 9.97 Å². The van der Waals surface area contributed by atoms with Crippen LogP contribution in [0.4, 0.5) is 0 Å². The highest BCUT2D eigenvalue weighted by Gasteiger charge is 2.24. The van der Waals surface area contributed by atoms with Gasteiger partial charge in [-0.1, -0.05) is 12.1 Å². The maximum atomic E-state index is 12.1. The van der Waals surface area contributed by atoms with Crippen molar-refractivity contribution in [1.29, 1.82) is 0 Å². The van der Waals surface area contributed by atoms with Gasteiger partial charge in [0.1, 0.15) is 5.75 Å². The van der Waals surface area contributed by atoms with Crippen LogP contribution in [0.15, 0.2) is 34.0 Å². The molecule has 0 bridgehead atoms. The summed E-state index contributed by atoms with van der Waals surface area (Å²) >= 11 is 1.69. The maximum absolute atomic E-state index is 12.1. The third kappa shape index (κ3) is 2.82. The molecule has 1 atom stereocenters. The zero-order chi connectivity index (χ0) is 14.8. The molecule has 5 nitrogen and oxygen atoms in total. The van der Waals surface area contributed by atoms with Crippen molar-refractivity contribution in [3.05, 3.63) is 51.7 Å². The number of benzene rings is 1. The van der Waals surface area contributed by atoms with Crippen molar-refractivity contribution in [1.82, 2.24) is 9.97 Å². The molecule has 1 aromatic carbocycles. The van der Waals surface area contributed by atoms with Gasteiger partial charge in [0.15, 0.2) is 11.9 Å². The molecule has 110 valence electrons. The Balaban J connectivity index is 1.91. The molecule has 0 saturated carbocycles. The molecule has 0 fully saturated rings. The van der Waals surface area contributed by atoms with Crippen molar-refractivity contribution in [2.24, 2.45) is 0 Å². The highest BCUT2D eigenvalue weighted by atomic mass is 32.2. The van der Waals surface area contributed by atoms with Gasteiger partial charge in [-0.3, -0.25) is 4.79 Å². The molecule has 6 heteroatoms. The van der Waals surface area contributed by atoms with Crippen LogP contribution in [0, 0.1) is 6.92 Å². The average molecular weight is 304 g/mol. The highest BCUT2D eigenvalue weighted by molar-refractivity contribution is 7.99. The molecule has 1 aliphatic rings. The van der Waals surface area contributed by atoms with Crippen molar-refractivity contribution in [2.75, 3.05) is 12.4 Å². The molecule has 2 heterocycles. The first-order chi connectivity index (χ1) is 10.2. The third-order valence-corrected chi connectivity index (χ3v) is 4.53. The molecular weight excluding hydrogens is 288 g/mol. The van der Waals surface area contributed by atoms with E-state index >= 15 is 0 Å². The van der Waals surface area contributed by atoms with Crippen molar-refractivity contribution >= 4 is 11.8 Å². The smallest absolute Gasteiger partial charge is 0.254 e. The topological polar surface area (TPSA) is 75.2 Å². The van der Waals surface area contributed by atoms with Crippen LogP contribution < -0.4 is 10.3 Å². The molecule has 0 saturated heterocycles. The fourth-order valence-corrected chi connectivity index (χ4v) is 3.34. The normalized spacial score (nSPS) is 17.1. The van der Waals surface area contributed by atoms with Crippen molar-refractivity contribution in [2.45, 2.75) is 24.3 Å². The first-order valence-electron chi connectivity index (χ1n) is 6.78. The first kappa shape index (κ1) is 14.2. The summed E-state index contributed by atoms with van der Waals surface area (Å²) < 4.78 is 5.92. The third-order valence-electron chi connectivity index (χ3n) is 3.42. The second-order valence-electron chi connectivity index (χ2n) is 4.85. The van der Waals surface area contributed by atoms with Crippen LogP contribution in [0.2, 0.25) is 0 Å². The molecular formula is C15H16N2O3S. The Hall–Kier alpha value is -1.79. The van der Waals surface area contributed by atoms with E-state index in [-0.39, 0.29) is 18.3 Å². The largest absolute Gasteiger partial charge is 0.480 e. The van der Waals surface area contributed by atoms with Crippen LogP contribution in [0.3, 0.4) is 0 Å². The van der Waals surface area contributed by atoms with Gasteiger partial charge < -0.3 is 14.8 Å². The summed E-state index contributed by atoms with van der Waals surface area (Å²) in [5.74, 6) is 2.07. The number of hydrogen-bond donors (Lipinski definition) is 2. The summed E-state index contributed by atoms with van der Waals surface area (Å²) in [7, 11) is 0. The molecule has 0 spiro atoms. The second-order valence-corrected chi connectivity index (χ2v) is 5.91. The zero-order valence-corrected chi connectivity index (χ0v) is 12.4. The second kappa shape index (κ2) is 5.91. The van der Waals surface area contributed by atoms with Gasteiger partial charge in [-0.15, -0.1) is 11.8 Å². The number of aliphatic hydroxyl groups excluding tert-OH is 1. The fourth-order valence-electron chi connectivity index (χ4n) is 2.35. The van der Waals surface area contributed by atoms with Crippen LogP contribution in [0.5, 0.6) is 5.75 Å². The Bertz CT molecular complexity index is 714. The molecule has 0 radical (unpaired) electrons. The first-order valence-corrected chi connectivity index (χ1v) is 7.76. The monoisotopic (exact) mass is 304 g/mol. The van der Waals surface area contributed by atoms with E-state index in [0.717, 1.165) is 10.6 Å². The number of thioether (sulfide) groups is 1.